The fraction of sp³-hybridized carbons (Fsp3) is 0.722. The molecule has 3 nitrogen and oxygen atoms in total. The second-order valence-corrected chi connectivity index (χ2v) is 5.86. The van der Waals surface area contributed by atoms with E-state index < -0.39 is 0 Å². The third-order valence-electron chi connectivity index (χ3n) is 2.34. The summed E-state index contributed by atoms with van der Waals surface area (Å²) in [5.41, 5.74) is 1.73. The van der Waals surface area contributed by atoms with Gasteiger partial charge in [-0.15, -0.1) is 12.1 Å². The Morgan fingerprint density at radius 1 is 1.00 bits per heavy atom. The molecular weight excluding hydrogens is 306 g/mol. The molecule has 0 atom stereocenters. The van der Waals surface area contributed by atoms with Gasteiger partial charge in [0, 0.05) is 0 Å². The van der Waals surface area contributed by atoms with E-state index in [1.54, 1.807) is 33.8 Å². The van der Waals surface area contributed by atoms with E-state index in [1.165, 1.54) is 25.7 Å². The third-order valence-corrected chi connectivity index (χ3v) is 2.34. The van der Waals surface area contributed by atoms with Crippen LogP contribution in [0, 0.1) is 7.43 Å². The molecular formula is C18H37N3Ti. The first-order chi connectivity index (χ1) is 9.41. The summed E-state index contributed by atoms with van der Waals surface area (Å²) in [6.07, 6.45) is 11.6. The van der Waals surface area contributed by atoms with E-state index in [2.05, 4.69) is 54.9 Å². The van der Waals surface area contributed by atoms with Crippen molar-refractivity contribution in [3.8, 4) is 0 Å². The van der Waals surface area contributed by atoms with Crippen LogP contribution in [0.2, 0.25) is 0 Å². The van der Waals surface area contributed by atoms with Gasteiger partial charge in [0.05, 0.1) is 0 Å². The molecule has 0 aromatic carbocycles. The number of allylic oxidation sites excluding steroid dienone is 4. The predicted molar refractivity (Wildman–Crippen MR) is 100 cm³/mol. The molecule has 1 rings (SSSR count). The zero-order chi connectivity index (χ0) is 15.9. The fourth-order valence-corrected chi connectivity index (χ4v) is 1.56. The van der Waals surface area contributed by atoms with Gasteiger partial charge in [-0.3, -0.25) is 0 Å². The number of unbranched alkanes of at least 4 members (excludes halogenated alkanes) is 1. The van der Waals surface area contributed by atoms with Crippen molar-refractivity contribution in [3.05, 3.63) is 47.2 Å². The molecule has 0 bridgehead atoms. The second-order valence-electron chi connectivity index (χ2n) is 5.86. The Balaban J connectivity index is -0.000000176. The molecule has 4 heteroatoms. The van der Waals surface area contributed by atoms with E-state index in [0.29, 0.717) is 0 Å². The minimum atomic E-state index is 0. The Bertz CT molecular complexity index is 254. The van der Waals surface area contributed by atoms with Crippen LogP contribution in [0.4, 0.5) is 0 Å². The van der Waals surface area contributed by atoms with Crippen molar-refractivity contribution < 1.29 is 21.7 Å². The zero-order valence-electron chi connectivity index (χ0n) is 16.1. The zero-order valence-corrected chi connectivity index (χ0v) is 17.7. The molecule has 1 aliphatic carbocycles. The van der Waals surface area contributed by atoms with Crippen LogP contribution in [0.5, 0.6) is 0 Å². The minimum absolute atomic E-state index is 0. The van der Waals surface area contributed by atoms with Crippen molar-refractivity contribution in [2.45, 2.75) is 52.0 Å². The summed E-state index contributed by atoms with van der Waals surface area (Å²) in [7, 11) is 7.00. The van der Waals surface area contributed by atoms with E-state index in [4.69, 9.17) is 0 Å². The summed E-state index contributed by atoms with van der Waals surface area (Å²) in [6, 6.07) is 0. The van der Waals surface area contributed by atoms with Gasteiger partial charge >= 0.3 is 21.7 Å². The number of hydrogen-bond donors (Lipinski definition) is 0. The molecule has 0 heterocycles. The normalized spacial score (nSPS) is 11.9. The molecule has 1 aliphatic rings. The minimum Gasteiger partial charge on any atom is -0.668 e. The van der Waals surface area contributed by atoms with Gasteiger partial charge in [0.25, 0.3) is 0 Å². The van der Waals surface area contributed by atoms with Gasteiger partial charge in [-0.2, -0.15) is 28.2 Å². The summed E-state index contributed by atoms with van der Waals surface area (Å²) >= 11 is 0. The average Bonchev–Trinajstić information content (AvgIpc) is 2.82. The Morgan fingerprint density at radius 3 is 1.86 bits per heavy atom. The van der Waals surface area contributed by atoms with Crippen LogP contribution in [-0.2, 0) is 21.7 Å². The maximum absolute atomic E-state index is 4.59. The van der Waals surface area contributed by atoms with Crippen molar-refractivity contribution in [2.24, 2.45) is 0 Å². The SMILES string of the molecule is CC(C)(C)[N-]CCCCC1=CC=CC1.C[N-]C.C[N-]C.[CH3-].[Ti+4]. The number of hydrogen-bond acceptors (Lipinski definition) is 0. The molecule has 0 saturated heterocycles. The Hall–Kier alpha value is 0.0743. The van der Waals surface area contributed by atoms with Crippen molar-refractivity contribution in [2.75, 3.05) is 34.7 Å². The molecule has 128 valence electrons. The smallest absolute Gasteiger partial charge is 0.668 e. The van der Waals surface area contributed by atoms with Crippen molar-refractivity contribution in [1.82, 2.24) is 0 Å². The summed E-state index contributed by atoms with van der Waals surface area (Å²) in [5, 5.41) is 11.6. The van der Waals surface area contributed by atoms with Gasteiger partial charge in [0.1, 0.15) is 0 Å². The maximum Gasteiger partial charge on any atom is 4.00 e. The summed E-state index contributed by atoms with van der Waals surface area (Å²) in [6.45, 7) is 7.51. The first-order valence-electron chi connectivity index (χ1n) is 7.40. The molecule has 0 aromatic rings. The standard InChI is InChI=1S/C13H22N.2C2H6N.CH3.Ti/c1-13(2,3)14-11-7-6-10-12-8-4-5-9-12;2*1-3-2;;/h4-5,8H,6-7,9-11H2,1-3H3;2*1-2H3;1H3;/q4*-1;+4. The van der Waals surface area contributed by atoms with Crippen LogP contribution in [0.25, 0.3) is 16.0 Å². The first-order valence-corrected chi connectivity index (χ1v) is 7.40. The van der Waals surface area contributed by atoms with Crippen molar-refractivity contribution in [3.63, 3.8) is 0 Å². The Labute approximate surface area is 155 Å². The largest absolute Gasteiger partial charge is 4.00 e. The van der Waals surface area contributed by atoms with Crippen molar-refractivity contribution in [1.29, 1.82) is 0 Å². The predicted octanol–water partition coefficient (Wildman–Crippen LogP) is 5.90. The average molecular weight is 343 g/mol. The first kappa shape index (κ1) is 30.0. The van der Waals surface area contributed by atoms with Crippen LogP contribution in [0.3, 0.4) is 0 Å². The van der Waals surface area contributed by atoms with Gasteiger partial charge < -0.3 is 23.4 Å². The molecule has 0 N–H and O–H groups in total. The van der Waals surface area contributed by atoms with E-state index in [0.717, 1.165) is 6.54 Å². The molecule has 0 unspecified atom stereocenters. The van der Waals surface area contributed by atoms with Gasteiger partial charge in [-0.1, -0.05) is 57.4 Å². The summed E-state index contributed by atoms with van der Waals surface area (Å²) in [4.78, 5) is 0. The quantitative estimate of drug-likeness (QED) is 0.339. The van der Waals surface area contributed by atoms with E-state index in [1.807, 2.05) is 0 Å². The van der Waals surface area contributed by atoms with Gasteiger partial charge in [-0.05, 0) is 12.8 Å². The molecule has 0 aliphatic heterocycles. The molecule has 0 aromatic heterocycles. The molecule has 0 fully saturated rings. The van der Waals surface area contributed by atoms with Crippen LogP contribution in [-0.4, -0.2) is 40.3 Å². The van der Waals surface area contributed by atoms with Crippen molar-refractivity contribution >= 4 is 0 Å². The van der Waals surface area contributed by atoms with Gasteiger partial charge in [-0.25, -0.2) is 0 Å². The number of rotatable bonds is 5. The number of nitrogens with zero attached hydrogens (tertiary/aromatic N) is 3. The monoisotopic (exact) mass is 343 g/mol. The van der Waals surface area contributed by atoms with E-state index in [9.17, 15) is 0 Å². The summed E-state index contributed by atoms with van der Waals surface area (Å²) in [5.74, 6) is 0. The Morgan fingerprint density at radius 2 is 1.50 bits per heavy atom. The fourth-order valence-electron chi connectivity index (χ4n) is 1.56. The van der Waals surface area contributed by atoms with E-state index >= 15 is 0 Å². The van der Waals surface area contributed by atoms with Crippen LogP contribution in [0.1, 0.15) is 46.5 Å². The third kappa shape index (κ3) is 28.3. The maximum atomic E-state index is 4.59. The van der Waals surface area contributed by atoms with Gasteiger partial charge in [0.15, 0.2) is 0 Å². The van der Waals surface area contributed by atoms with Crippen LogP contribution in [0.15, 0.2) is 23.8 Å². The van der Waals surface area contributed by atoms with Crippen LogP contribution < -0.4 is 0 Å². The Kier molecular flexibility index (Phi) is 28.7. The topological polar surface area (TPSA) is 42.3 Å². The second kappa shape index (κ2) is 21.1. The molecule has 22 heavy (non-hydrogen) atoms. The molecule has 0 radical (unpaired) electrons. The van der Waals surface area contributed by atoms with Crippen LogP contribution >= 0.6 is 0 Å². The molecule has 0 amide bonds. The molecule has 0 spiro atoms. The van der Waals surface area contributed by atoms with Gasteiger partial charge in [0.2, 0.25) is 0 Å². The molecule has 0 saturated carbocycles. The summed E-state index contributed by atoms with van der Waals surface area (Å²) < 4.78 is 0. The van der Waals surface area contributed by atoms with E-state index in [-0.39, 0.29) is 34.7 Å².